The molecule has 1 aromatic heterocycles. The highest BCUT2D eigenvalue weighted by molar-refractivity contribution is 6.14. The normalized spacial score (nSPS) is 14.2. The Hall–Kier alpha value is -7.22. The Morgan fingerprint density at radius 3 is 1.08 bits per heavy atom. The lowest BCUT2D eigenvalue weighted by atomic mass is 9.82. The molecule has 2 aliphatic carbocycles. The van der Waals surface area contributed by atoms with Gasteiger partial charge in [-0.3, -0.25) is 0 Å². The first-order valence-electron chi connectivity index (χ1n) is 21.6. The van der Waals surface area contributed by atoms with E-state index in [0.717, 1.165) is 5.69 Å². The first-order valence-corrected chi connectivity index (χ1v) is 21.6. The van der Waals surface area contributed by atoms with E-state index >= 15 is 0 Å². The van der Waals surface area contributed by atoms with Crippen LogP contribution in [0.15, 0.2) is 200 Å². The molecule has 0 fully saturated rings. The summed E-state index contributed by atoms with van der Waals surface area (Å²) in [4.78, 5) is 0. The van der Waals surface area contributed by atoms with Crippen molar-refractivity contribution in [2.45, 2.75) is 38.5 Å². The summed E-state index contributed by atoms with van der Waals surface area (Å²) in [5.74, 6) is 0. The van der Waals surface area contributed by atoms with Crippen LogP contribution in [0, 0.1) is 0 Å². The van der Waals surface area contributed by atoms with Gasteiger partial charge in [-0.1, -0.05) is 173 Å². The van der Waals surface area contributed by atoms with Crippen molar-refractivity contribution in [1.29, 1.82) is 0 Å². The van der Waals surface area contributed by atoms with Gasteiger partial charge in [0.05, 0.1) is 11.0 Å². The monoisotopic (exact) mass is 779 g/mol. The molecule has 0 saturated carbocycles. The molecular formula is C60H45N. The fourth-order valence-corrected chi connectivity index (χ4v) is 10.8. The molecule has 9 aromatic carbocycles. The van der Waals surface area contributed by atoms with Crippen LogP contribution in [0.4, 0.5) is 0 Å². The van der Waals surface area contributed by atoms with Crippen LogP contribution in [0.25, 0.3) is 94.3 Å². The van der Waals surface area contributed by atoms with Gasteiger partial charge >= 0.3 is 0 Å². The van der Waals surface area contributed by atoms with Gasteiger partial charge in [-0.05, 0) is 144 Å². The second-order valence-electron chi connectivity index (χ2n) is 18.2. The third-order valence-electron chi connectivity index (χ3n) is 14.0. The Morgan fingerprint density at radius 2 is 0.639 bits per heavy atom. The average molecular weight is 780 g/mol. The van der Waals surface area contributed by atoms with E-state index < -0.39 is 0 Å². The maximum absolute atomic E-state index is 2.58. The fourth-order valence-electron chi connectivity index (χ4n) is 10.8. The zero-order valence-electron chi connectivity index (χ0n) is 35.0. The van der Waals surface area contributed by atoms with E-state index in [9.17, 15) is 0 Å². The standard InChI is InChI=1S/C60H45N/c1-59(2)53-27-13-11-25-47(53)49-34-51-52-35-50-48-26-12-14-28-54(48)60(3,4)56(50)37-58(52)61(57(51)36-55(49)59)46-32-44(42-23-15-21-40(29-42)38-17-7-5-8-18-38)31-45(33-46)43-24-16-22-41(30-43)39-19-9-6-10-20-39/h5-37H,1-4H3. The first kappa shape index (κ1) is 35.7. The number of nitrogens with zero attached hydrogens (tertiary/aromatic N) is 1. The summed E-state index contributed by atoms with van der Waals surface area (Å²) in [7, 11) is 0. The quantitative estimate of drug-likeness (QED) is 0.164. The summed E-state index contributed by atoms with van der Waals surface area (Å²) in [5, 5.41) is 2.57. The number of benzene rings is 9. The number of rotatable bonds is 5. The van der Waals surface area contributed by atoms with Crippen LogP contribution in [-0.2, 0) is 10.8 Å². The van der Waals surface area contributed by atoms with Crippen LogP contribution < -0.4 is 0 Å². The Balaban J connectivity index is 1.17. The van der Waals surface area contributed by atoms with E-state index in [0.29, 0.717) is 0 Å². The summed E-state index contributed by atoms with van der Waals surface area (Å²) in [6, 6.07) is 74.9. The summed E-state index contributed by atoms with van der Waals surface area (Å²) in [5.41, 5.74) is 23.9. The van der Waals surface area contributed by atoms with Crippen molar-refractivity contribution in [2.24, 2.45) is 0 Å². The molecule has 0 unspecified atom stereocenters. The number of hydrogen-bond acceptors (Lipinski definition) is 0. The van der Waals surface area contributed by atoms with Gasteiger partial charge < -0.3 is 4.57 Å². The van der Waals surface area contributed by atoms with Gasteiger partial charge in [0.25, 0.3) is 0 Å². The molecule has 1 heterocycles. The third-order valence-corrected chi connectivity index (χ3v) is 14.0. The highest BCUT2D eigenvalue weighted by atomic mass is 15.0. The average Bonchev–Trinajstić information content (AvgIpc) is 3.84. The van der Waals surface area contributed by atoms with Crippen molar-refractivity contribution in [3.8, 4) is 72.4 Å². The minimum absolute atomic E-state index is 0.132. The second kappa shape index (κ2) is 13.1. The number of fused-ring (bicyclic) bond motifs is 9. The van der Waals surface area contributed by atoms with E-state index in [4.69, 9.17) is 0 Å². The van der Waals surface area contributed by atoms with Gasteiger partial charge in [0.2, 0.25) is 0 Å². The molecular weight excluding hydrogens is 735 g/mol. The molecule has 12 rings (SSSR count). The molecule has 1 nitrogen and oxygen atoms in total. The topological polar surface area (TPSA) is 4.93 Å². The molecule has 0 amide bonds. The van der Waals surface area contributed by atoms with Gasteiger partial charge in [-0.25, -0.2) is 0 Å². The van der Waals surface area contributed by atoms with Crippen LogP contribution in [0.2, 0.25) is 0 Å². The van der Waals surface area contributed by atoms with Crippen molar-refractivity contribution < 1.29 is 0 Å². The lowest BCUT2D eigenvalue weighted by Gasteiger charge is -2.22. The van der Waals surface area contributed by atoms with E-state index in [-0.39, 0.29) is 10.8 Å². The largest absolute Gasteiger partial charge is 0.309 e. The Labute approximate surface area is 358 Å². The molecule has 0 bridgehead atoms. The van der Waals surface area contributed by atoms with Crippen molar-refractivity contribution in [3.05, 3.63) is 222 Å². The van der Waals surface area contributed by atoms with E-state index in [1.807, 2.05) is 0 Å². The lowest BCUT2D eigenvalue weighted by molar-refractivity contribution is 0.660. The summed E-state index contributed by atoms with van der Waals surface area (Å²) in [6.07, 6.45) is 0. The lowest BCUT2D eigenvalue weighted by Crippen LogP contribution is -2.15. The molecule has 0 saturated heterocycles. The second-order valence-corrected chi connectivity index (χ2v) is 18.2. The molecule has 0 aliphatic heterocycles. The fraction of sp³-hybridized carbons (Fsp3) is 0.100. The van der Waals surface area contributed by atoms with Crippen molar-refractivity contribution in [1.82, 2.24) is 4.57 Å². The smallest absolute Gasteiger partial charge is 0.0544 e. The maximum atomic E-state index is 2.58. The third kappa shape index (κ3) is 5.40. The van der Waals surface area contributed by atoms with Crippen LogP contribution in [-0.4, -0.2) is 4.57 Å². The number of aromatic nitrogens is 1. The van der Waals surface area contributed by atoms with Crippen molar-refractivity contribution in [2.75, 3.05) is 0 Å². The minimum atomic E-state index is -0.132. The van der Waals surface area contributed by atoms with E-state index in [1.54, 1.807) is 0 Å². The maximum Gasteiger partial charge on any atom is 0.0544 e. The SMILES string of the molecule is CC1(C)c2ccccc2-c2cc3c4cc5c(cc4n(-c4cc(-c6cccc(-c7ccccc7)c6)cc(-c6cccc(-c7ccccc7)c6)c4)c3cc21)C(C)(C)c1ccccc1-5. The predicted octanol–water partition coefficient (Wildman–Crippen LogP) is 16.1. The molecule has 61 heavy (non-hydrogen) atoms. The van der Waals surface area contributed by atoms with E-state index in [1.165, 1.54) is 111 Å². The van der Waals surface area contributed by atoms with Crippen LogP contribution in [0.3, 0.4) is 0 Å². The highest BCUT2D eigenvalue weighted by Gasteiger charge is 2.38. The van der Waals surface area contributed by atoms with Gasteiger partial charge in [0.1, 0.15) is 0 Å². The van der Waals surface area contributed by atoms with Crippen LogP contribution in [0.5, 0.6) is 0 Å². The van der Waals surface area contributed by atoms with Gasteiger partial charge in [0, 0.05) is 27.3 Å². The van der Waals surface area contributed by atoms with Gasteiger partial charge in [-0.2, -0.15) is 0 Å². The highest BCUT2D eigenvalue weighted by Crippen LogP contribution is 2.54. The van der Waals surface area contributed by atoms with E-state index in [2.05, 4.69) is 232 Å². The molecule has 2 aliphatic rings. The van der Waals surface area contributed by atoms with Crippen LogP contribution in [0.1, 0.15) is 49.9 Å². The number of hydrogen-bond donors (Lipinski definition) is 0. The molecule has 10 aromatic rings. The van der Waals surface area contributed by atoms with Crippen LogP contribution >= 0.6 is 0 Å². The zero-order valence-corrected chi connectivity index (χ0v) is 35.0. The van der Waals surface area contributed by atoms with Crippen molar-refractivity contribution >= 4 is 21.8 Å². The molecule has 0 N–H and O–H groups in total. The Morgan fingerprint density at radius 1 is 0.279 bits per heavy atom. The predicted molar refractivity (Wildman–Crippen MR) is 258 cm³/mol. The Kier molecular flexibility index (Phi) is 7.69. The first-order chi connectivity index (χ1) is 29.7. The molecule has 0 atom stereocenters. The molecule has 1 heteroatoms. The summed E-state index contributed by atoms with van der Waals surface area (Å²) >= 11 is 0. The molecule has 0 radical (unpaired) electrons. The van der Waals surface area contributed by atoms with Gasteiger partial charge in [0.15, 0.2) is 0 Å². The summed E-state index contributed by atoms with van der Waals surface area (Å²) < 4.78 is 2.58. The molecule has 0 spiro atoms. The minimum Gasteiger partial charge on any atom is -0.309 e. The zero-order chi connectivity index (χ0) is 41.0. The molecule has 290 valence electrons. The van der Waals surface area contributed by atoms with Crippen molar-refractivity contribution in [3.63, 3.8) is 0 Å². The summed E-state index contributed by atoms with van der Waals surface area (Å²) in [6.45, 7) is 9.57. The van der Waals surface area contributed by atoms with Gasteiger partial charge in [-0.15, -0.1) is 0 Å². The Bertz CT molecular complexity index is 3170.